The van der Waals surface area contributed by atoms with Gasteiger partial charge in [-0.2, -0.15) is 0 Å². The van der Waals surface area contributed by atoms with Crippen LogP contribution in [-0.2, 0) is 20.9 Å². The molecule has 0 spiro atoms. The number of piperidine rings is 1. The molecule has 1 saturated carbocycles. The quantitative estimate of drug-likeness (QED) is 0.682. The summed E-state index contributed by atoms with van der Waals surface area (Å²) >= 11 is 0. The van der Waals surface area contributed by atoms with Crippen molar-refractivity contribution >= 4 is 17.8 Å². The average Bonchev–Trinajstić information content (AvgIpc) is 3.17. The number of carbonyl (C=O) groups excluding carboxylic acids is 1. The number of likely N-dealkylation sites (tertiary alicyclic amines) is 1. The minimum atomic E-state index is -1.82. The van der Waals surface area contributed by atoms with Crippen molar-refractivity contribution in [2.45, 2.75) is 58.0 Å². The number of aryl methyl sites for hydroxylation is 1. The highest BCUT2D eigenvalue weighted by atomic mass is 16.4. The van der Waals surface area contributed by atoms with Gasteiger partial charge in [-0.3, -0.25) is 9.69 Å². The van der Waals surface area contributed by atoms with Crippen LogP contribution in [-0.4, -0.2) is 52.1 Å². The number of benzene rings is 1. The van der Waals surface area contributed by atoms with Crippen molar-refractivity contribution < 1.29 is 24.6 Å². The Bertz CT molecular complexity index is 648. The summed E-state index contributed by atoms with van der Waals surface area (Å²) in [5.74, 6) is -3.11. The first-order chi connectivity index (χ1) is 13.3. The van der Waals surface area contributed by atoms with E-state index in [0.29, 0.717) is 11.9 Å². The number of hydrogen-bond donors (Lipinski definition) is 3. The SMILES string of the molecule is Cc1ccc(CN2CCC(C(=O)NC3CCCC3)CC2)cc1.O=C(O)C(=O)O. The first-order valence-electron chi connectivity index (χ1n) is 9.89. The van der Waals surface area contributed by atoms with Gasteiger partial charge in [0.2, 0.25) is 5.91 Å². The lowest BCUT2D eigenvalue weighted by molar-refractivity contribution is -0.159. The molecule has 1 heterocycles. The highest BCUT2D eigenvalue weighted by Crippen LogP contribution is 2.22. The standard InChI is InChI=1S/C19H28N2O.C2H2O4/c1-15-6-8-16(9-7-15)14-21-12-10-17(11-13-21)19(22)20-18-4-2-3-5-18;3-1(4)2(5)6/h6-9,17-18H,2-5,10-14H2,1H3,(H,20,22);(H,3,4)(H,5,6). The molecule has 154 valence electrons. The maximum Gasteiger partial charge on any atom is 0.414 e. The predicted octanol–water partition coefficient (Wildman–Crippen LogP) is 2.42. The number of nitrogens with zero attached hydrogens (tertiary/aromatic N) is 1. The van der Waals surface area contributed by atoms with E-state index in [9.17, 15) is 4.79 Å². The van der Waals surface area contributed by atoms with E-state index in [4.69, 9.17) is 19.8 Å². The van der Waals surface area contributed by atoms with Crippen molar-refractivity contribution in [3.63, 3.8) is 0 Å². The Morgan fingerprint density at radius 3 is 2.00 bits per heavy atom. The fourth-order valence-corrected chi connectivity index (χ4v) is 3.69. The number of hydrogen-bond acceptors (Lipinski definition) is 4. The van der Waals surface area contributed by atoms with Crippen LogP contribution < -0.4 is 5.32 Å². The third-order valence-corrected chi connectivity index (χ3v) is 5.37. The summed E-state index contributed by atoms with van der Waals surface area (Å²) in [4.78, 5) is 33.0. The third-order valence-electron chi connectivity index (χ3n) is 5.37. The lowest BCUT2D eigenvalue weighted by Crippen LogP contribution is -2.42. The smallest absolute Gasteiger partial charge is 0.414 e. The van der Waals surface area contributed by atoms with Gasteiger partial charge in [0.15, 0.2) is 0 Å². The van der Waals surface area contributed by atoms with E-state index in [1.807, 2.05) is 0 Å². The van der Waals surface area contributed by atoms with Crippen LogP contribution in [0, 0.1) is 12.8 Å². The summed E-state index contributed by atoms with van der Waals surface area (Å²) in [6.45, 7) is 5.21. The molecule has 0 radical (unpaired) electrons. The van der Waals surface area contributed by atoms with E-state index in [2.05, 4.69) is 41.4 Å². The normalized spacial score (nSPS) is 18.2. The van der Waals surface area contributed by atoms with Crippen LogP contribution in [0.3, 0.4) is 0 Å². The molecule has 2 fully saturated rings. The second-order valence-corrected chi connectivity index (χ2v) is 7.64. The minimum Gasteiger partial charge on any atom is -0.473 e. The summed E-state index contributed by atoms with van der Waals surface area (Å²) in [6.07, 6.45) is 6.92. The molecule has 3 N–H and O–H groups in total. The summed E-state index contributed by atoms with van der Waals surface area (Å²) in [5, 5.41) is 18.0. The molecule has 2 aliphatic rings. The molecule has 1 saturated heterocycles. The molecular weight excluding hydrogens is 360 g/mol. The van der Waals surface area contributed by atoms with Crippen LogP contribution in [0.15, 0.2) is 24.3 Å². The maximum absolute atomic E-state index is 12.3. The number of rotatable bonds is 4. The maximum atomic E-state index is 12.3. The van der Waals surface area contributed by atoms with Crippen molar-refractivity contribution in [2.75, 3.05) is 13.1 Å². The molecular formula is C21H30N2O5. The van der Waals surface area contributed by atoms with Gasteiger partial charge in [0.1, 0.15) is 0 Å². The van der Waals surface area contributed by atoms with Gasteiger partial charge in [-0.25, -0.2) is 9.59 Å². The van der Waals surface area contributed by atoms with Gasteiger partial charge < -0.3 is 15.5 Å². The molecule has 1 aliphatic heterocycles. The van der Waals surface area contributed by atoms with Crippen molar-refractivity contribution in [3.05, 3.63) is 35.4 Å². The summed E-state index contributed by atoms with van der Waals surface area (Å²) in [5.41, 5.74) is 2.69. The molecule has 7 nitrogen and oxygen atoms in total. The van der Waals surface area contributed by atoms with E-state index in [0.717, 1.165) is 32.5 Å². The van der Waals surface area contributed by atoms with Crippen LogP contribution in [0.25, 0.3) is 0 Å². The number of carbonyl (C=O) groups is 3. The van der Waals surface area contributed by atoms with Gasteiger partial charge in [-0.05, 0) is 51.3 Å². The van der Waals surface area contributed by atoms with Gasteiger partial charge in [-0.15, -0.1) is 0 Å². The van der Waals surface area contributed by atoms with E-state index >= 15 is 0 Å². The highest BCUT2D eigenvalue weighted by molar-refractivity contribution is 6.27. The Kier molecular flexibility index (Phi) is 8.44. The largest absolute Gasteiger partial charge is 0.473 e. The monoisotopic (exact) mass is 390 g/mol. The van der Waals surface area contributed by atoms with Gasteiger partial charge in [-0.1, -0.05) is 42.7 Å². The molecule has 0 unspecified atom stereocenters. The average molecular weight is 390 g/mol. The molecule has 28 heavy (non-hydrogen) atoms. The number of carboxylic acids is 2. The zero-order valence-electron chi connectivity index (χ0n) is 16.4. The fraction of sp³-hybridized carbons (Fsp3) is 0.571. The molecule has 0 bridgehead atoms. The van der Waals surface area contributed by atoms with E-state index < -0.39 is 11.9 Å². The van der Waals surface area contributed by atoms with Crippen LogP contribution in [0.1, 0.15) is 49.7 Å². The summed E-state index contributed by atoms with van der Waals surface area (Å²) < 4.78 is 0. The first kappa shape index (κ1) is 21.9. The predicted molar refractivity (Wildman–Crippen MR) is 105 cm³/mol. The second kappa shape index (κ2) is 10.8. The molecule has 1 aliphatic carbocycles. The Morgan fingerprint density at radius 1 is 0.964 bits per heavy atom. The summed E-state index contributed by atoms with van der Waals surface area (Å²) in [7, 11) is 0. The van der Waals surface area contributed by atoms with Crippen LogP contribution >= 0.6 is 0 Å². The zero-order valence-corrected chi connectivity index (χ0v) is 16.4. The Balaban J connectivity index is 0.000000409. The second-order valence-electron chi connectivity index (χ2n) is 7.64. The topological polar surface area (TPSA) is 107 Å². The lowest BCUT2D eigenvalue weighted by atomic mass is 9.95. The molecule has 3 rings (SSSR count). The molecule has 1 aromatic rings. The van der Waals surface area contributed by atoms with Crippen molar-refractivity contribution in [2.24, 2.45) is 5.92 Å². The Labute approximate surface area is 165 Å². The van der Waals surface area contributed by atoms with E-state index in [1.54, 1.807) is 0 Å². The lowest BCUT2D eigenvalue weighted by Gasteiger charge is -2.31. The molecule has 0 aromatic heterocycles. The van der Waals surface area contributed by atoms with Crippen LogP contribution in [0.2, 0.25) is 0 Å². The molecule has 1 aromatic carbocycles. The van der Waals surface area contributed by atoms with Gasteiger partial charge in [0.05, 0.1) is 0 Å². The van der Waals surface area contributed by atoms with E-state index in [-0.39, 0.29) is 5.92 Å². The van der Waals surface area contributed by atoms with Crippen molar-refractivity contribution in [3.8, 4) is 0 Å². The number of amides is 1. The van der Waals surface area contributed by atoms with Gasteiger partial charge in [0.25, 0.3) is 0 Å². The molecule has 7 heteroatoms. The number of aliphatic carboxylic acids is 2. The fourth-order valence-electron chi connectivity index (χ4n) is 3.69. The van der Waals surface area contributed by atoms with Crippen molar-refractivity contribution in [1.29, 1.82) is 0 Å². The zero-order chi connectivity index (χ0) is 20.5. The number of nitrogens with one attached hydrogen (secondary N) is 1. The molecule has 1 amide bonds. The Morgan fingerprint density at radius 2 is 1.50 bits per heavy atom. The first-order valence-corrected chi connectivity index (χ1v) is 9.89. The molecule has 0 atom stereocenters. The van der Waals surface area contributed by atoms with Gasteiger partial charge in [0, 0.05) is 18.5 Å². The Hall–Kier alpha value is -2.41. The number of carboxylic acid groups (broad SMARTS) is 2. The van der Waals surface area contributed by atoms with Gasteiger partial charge >= 0.3 is 11.9 Å². The van der Waals surface area contributed by atoms with E-state index in [1.165, 1.54) is 36.8 Å². The van der Waals surface area contributed by atoms with Crippen LogP contribution in [0.5, 0.6) is 0 Å². The highest BCUT2D eigenvalue weighted by Gasteiger charge is 2.27. The minimum absolute atomic E-state index is 0.231. The third kappa shape index (κ3) is 7.31. The summed E-state index contributed by atoms with van der Waals surface area (Å²) in [6, 6.07) is 9.24. The van der Waals surface area contributed by atoms with Crippen molar-refractivity contribution in [1.82, 2.24) is 10.2 Å². The van der Waals surface area contributed by atoms with Crippen LogP contribution in [0.4, 0.5) is 0 Å².